The lowest BCUT2D eigenvalue weighted by Gasteiger charge is -2.03. The van der Waals surface area contributed by atoms with Crippen LogP contribution in [-0.4, -0.2) is 31.2 Å². The van der Waals surface area contributed by atoms with Crippen molar-refractivity contribution in [2.24, 2.45) is 0 Å². The van der Waals surface area contributed by atoms with Crippen LogP contribution in [0, 0.1) is 0 Å². The van der Waals surface area contributed by atoms with E-state index in [-0.39, 0.29) is 5.91 Å². The molecule has 2 aromatic rings. The first-order valence-electron chi connectivity index (χ1n) is 6.86. The van der Waals surface area contributed by atoms with Gasteiger partial charge in [0.1, 0.15) is 5.69 Å². The lowest BCUT2D eigenvalue weighted by Crippen LogP contribution is -2.24. The zero-order valence-corrected chi connectivity index (χ0v) is 11.7. The Morgan fingerprint density at radius 3 is 2.95 bits per heavy atom. The molecule has 0 aliphatic carbocycles. The molecule has 1 heterocycles. The normalized spacial score (nSPS) is 10.8. The van der Waals surface area contributed by atoms with Crippen molar-refractivity contribution in [1.82, 2.24) is 10.3 Å². The summed E-state index contributed by atoms with van der Waals surface area (Å²) in [5.41, 5.74) is 7.88. The molecule has 0 unspecified atom stereocenters. The monoisotopic (exact) mass is 275 g/mol. The van der Waals surface area contributed by atoms with Gasteiger partial charge in [-0.1, -0.05) is 12.1 Å². The standard InChI is InChI=1S/C15H21N3O2/c1-20-9-4-2-3-8-17-15(19)13-10-11-6-5-7-12(16)14(11)18-13/h5-7,10,18H,2-4,8-9,16H2,1H3,(H,17,19). The number of nitrogens with two attached hydrogens (primary N) is 1. The summed E-state index contributed by atoms with van der Waals surface area (Å²) in [6, 6.07) is 7.45. The number of nitrogen functional groups attached to an aromatic ring is 1. The van der Waals surface area contributed by atoms with Gasteiger partial charge in [0.15, 0.2) is 0 Å². The summed E-state index contributed by atoms with van der Waals surface area (Å²) in [5.74, 6) is -0.0904. The number of H-pyrrole nitrogens is 1. The molecular formula is C15H21N3O2. The third-order valence-electron chi connectivity index (χ3n) is 3.24. The number of hydrogen-bond acceptors (Lipinski definition) is 3. The topological polar surface area (TPSA) is 80.1 Å². The maximum absolute atomic E-state index is 12.0. The van der Waals surface area contributed by atoms with E-state index in [0.29, 0.717) is 17.9 Å². The van der Waals surface area contributed by atoms with E-state index in [4.69, 9.17) is 10.5 Å². The molecule has 20 heavy (non-hydrogen) atoms. The van der Waals surface area contributed by atoms with E-state index in [2.05, 4.69) is 10.3 Å². The zero-order chi connectivity index (χ0) is 14.4. The van der Waals surface area contributed by atoms with E-state index in [9.17, 15) is 4.79 Å². The molecule has 5 heteroatoms. The fourth-order valence-corrected chi connectivity index (χ4v) is 2.15. The third-order valence-corrected chi connectivity index (χ3v) is 3.24. The average molecular weight is 275 g/mol. The summed E-state index contributed by atoms with van der Waals surface area (Å²) in [4.78, 5) is 15.1. The van der Waals surface area contributed by atoms with Crippen molar-refractivity contribution in [1.29, 1.82) is 0 Å². The van der Waals surface area contributed by atoms with Crippen LogP contribution in [-0.2, 0) is 4.74 Å². The molecule has 0 fully saturated rings. The summed E-state index contributed by atoms with van der Waals surface area (Å²) in [6.45, 7) is 1.45. The molecule has 0 saturated carbocycles. The van der Waals surface area contributed by atoms with Crippen LogP contribution in [0.25, 0.3) is 10.9 Å². The number of para-hydroxylation sites is 1. The fourth-order valence-electron chi connectivity index (χ4n) is 2.15. The minimum atomic E-state index is -0.0904. The molecular weight excluding hydrogens is 254 g/mol. The number of methoxy groups -OCH3 is 1. The largest absolute Gasteiger partial charge is 0.397 e. The molecule has 0 bridgehead atoms. The number of carbonyl (C=O) groups excluding carboxylic acids is 1. The van der Waals surface area contributed by atoms with Crippen molar-refractivity contribution >= 4 is 22.5 Å². The van der Waals surface area contributed by atoms with E-state index in [1.165, 1.54) is 0 Å². The number of fused-ring (bicyclic) bond motifs is 1. The maximum atomic E-state index is 12.0. The van der Waals surface area contributed by atoms with Crippen LogP contribution in [0.3, 0.4) is 0 Å². The van der Waals surface area contributed by atoms with Gasteiger partial charge in [-0.2, -0.15) is 0 Å². The molecule has 0 radical (unpaired) electrons. The van der Waals surface area contributed by atoms with Gasteiger partial charge in [0, 0.05) is 25.6 Å². The number of rotatable bonds is 7. The Balaban J connectivity index is 1.86. The van der Waals surface area contributed by atoms with Crippen molar-refractivity contribution in [3.63, 3.8) is 0 Å². The molecule has 108 valence electrons. The number of aromatic nitrogens is 1. The first-order chi connectivity index (χ1) is 9.72. The number of amides is 1. The minimum Gasteiger partial charge on any atom is -0.397 e. The number of ether oxygens (including phenoxy) is 1. The number of hydrogen-bond donors (Lipinski definition) is 3. The lowest BCUT2D eigenvalue weighted by atomic mass is 10.2. The van der Waals surface area contributed by atoms with Gasteiger partial charge in [0.2, 0.25) is 0 Å². The third kappa shape index (κ3) is 3.51. The lowest BCUT2D eigenvalue weighted by molar-refractivity contribution is 0.0948. The van der Waals surface area contributed by atoms with Gasteiger partial charge in [-0.15, -0.1) is 0 Å². The quantitative estimate of drug-likeness (QED) is 0.536. The summed E-state index contributed by atoms with van der Waals surface area (Å²) < 4.78 is 4.98. The number of carbonyl (C=O) groups is 1. The molecule has 2 rings (SSSR count). The average Bonchev–Trinajstić information content (AvgIpc) is 2.88. The van der Waals surface area contributed by atoms with E-state index < -0.39 is 0 Å². The van der Waals surface area contributed by atoms with Crippen molar-refractivity contribution in [2.45, 2.75) is 19.3 Å². The number of aromatic amines is 1. The molecule has 1 amide bonds. The second-order valence-electron chi connectivity index (χ2n) is 4.80. The predicted molar refractivity (Wildman–Crippen MR) is 80.8 cm³/mol. The van der Waals surface area contributed by atoms with Crippen LogP contribution in [0.5, 0.6) is 0 Å². The Morgan fingerprint density at radius 1 is 1.35 bits per heavy atom. The number of unbranched alkanes of at least 4 members (excludes halogenated alkanes) is 2. The van der Waals surface area contributed by atoms with Gasteiger partial charge in [-0.05, 0) is 31.4 Å². The van der Waals surface area contributed by atoms with Crippen molar-refractivity contribution in [2.75, 3.05) is 26.0 Å². The van der Waals surface area contributed by atoms with Crippen LogP contribution >= 0.6 is 0 Å². The highest BCUT2D eigenvalue weighted by molar-refractivity contribution is 6.00. The van der Waals surface area contributed by atoms with Crippen LogP contribution in [0.15, 0.2) is 24.3 Å². The summed E-state index contributed by atoms with van der Waals surface area (Å²) >= 11 is 0. The zero-order valence-electron chi connectivity index (χ0n) is 11.7. The van der Waals surface area contributed by atoms with Gasteiger partial charge in [-0.25, -0.2) is 0 Å². The number of benzene rings is 1. The summed E-state index contributed by atoms with van der Waals surface area (Å²) in [6.07, 6.45) is 3.03. The highest BCUT2D eigenvalue weighted by Gasteiger charge is 2.09. The summed E-state index contributed by atoms with van der Waals surface area (Å²) in [5, 5.41) is 3.86. The smallest absolute Gasteiger partial charge is 0.267 e. The first kappa shape index (κ1) is 14.4. The molecule has 4 N–H and O–H groups in total. The second-order valence-corrected chi connectivity index (χ2v) is 4.80. The number of anilines is 1. The molecule has 0 atom stereocenters. The molecule has 0 saturated heterocycles. The highest BCUT2D eigenvalue weighted by Crippen LogP contribution is 2.20. The first-order valence-corrected chi connectivity index (χ1v) is 6.86. The number of nitrogens with one attached hydrogen (secondary N) is 2. The Kier molecular flexibility index (Phi) is 5.01. The van der Waals surface area contributed by atoms with Crippen LogP contribution in [0.2, 0.25) is 0 Å². The predicted octanol–water partition coefficient (Wildman–Crippen LogP) is 2.30. The SMILES string of the molecule is COCCCCCNC(=O)c1cc2cccc(N)c2[nH]1. The Labute approximate surface area is 118 Å². The Hall–Kier alpha value is -2.01. The van der Waals surface area contributed by atoms with Crippen molar-refractivity contribution in [3.05, 3.63) is 30.0 Å². The second kappa shape index (κ2) is 6.96. The fraction of sp³-hybridized carbons (Fsp3) is 0.400. The minimum absolute atomic E-state index is 0.0904. The van der Waals surface area contributed by atoms with E-state index in [1.807, 2.05) is 24.3 Å². The Morgan fingerprint density at radius 2 is 2.20 bits per heavy atom. The maximum Gasteiger partial charge on any atom is 0.267 e. The van der Waals surface area contributed by atoms with Gasteiger partial charge in [-0.3, -0.25) is 4.79 Å². The van der Waals surface area contributed by atoms with Gasteiger partial charge >= 0.3 is 0 Å². The van der Waals surface area contributed by atoms with Gasteiger partial charge in [0.25, 0.3) is 5.91 Å². The van der Waals surface area contributed by atoms with E-state index >= 15 is 0 Å². The van der Waals surface area contributed by atoms with Gasteiger partial charge in [0.05, 0.1) is 11.2 Å². The summed E-state index contributed by atoms with van der Waals surface area (Å²) in [7, 11) is 1.70. The van der Waals surface area contributed by atoms with Crippen molar-refractivity contribution in [3.8, 4) is 0 Å². The molecule has 0 aliphatic rings. The molecule has 0 spiro atoms. The van der Waals surface area contributed by atoms with Crippen LogP contribution in [0.1, 0.15) is 29.8 Å². The molecule has 0 aliphatic heterocycles. The molecule has 5 nitrogen and oxygen atoms in total. The Bertz CT molecular complexity index is 578. The van der Waals surface area contributed by atoms with Crippen LogP contribution < -0.4 is 11.1 Å². The van der Waals surface area contributed by atoms with Crippen LogP contribution in [0.4, 0.5) is 5.69 Å². The van der Waals surface area contributed by atoms with Crippen molar-refractivity contribution < 1.29 is 9.53 Å². The van der Waals surface area contributed by atoms with E-state index in [1.54, 1.807) is 7.11 Å². The van der Waals surface area contributed by atoms with Gasteiger partial charge < -0.3 is 20.8 Å². The van der Waals surface area contributed by atoms with E-state index in [0.717, 1.165) is 36.8 Å². The molecule has 1 aromatic heterocycles. The highest BCUT2D eigenvalue weighted by atomic mass is 16.5. The molecule has 1 aromatic carbocycles.